The van der Waals surface area contributed by atoms with Gasteiger partial charge >= 0.3 is 0 Å². The normalized spacial score (nSPS) is 13.9. The molecule has 0 fully saturated rings. The molecule has 3 rings (SSSR count). The zero-order valence-corrected chi connectivity index (χ0v) is 12.2. The minimum Gasteiger partial charge on any atom is -0.383 e. The molecule has 0 saturated carbocycles. The number of hydrogen-bond acceptors (Lipinski definition) is 2. The van der Waals surface area contributed by atoms with Crippen LogP contribution in [-0.2, 0) is 6.42 Å². The molecule has 0 saturated heterocycles. The van der Waals surface area contributed by atoms with Crippen LogP contribution in [0.15, 0.2) is 48.5 Å². The van der Waals surface area contributed by atoms with Crippen LogP contribution in [0.1, 0.15) is 12.0 Å². The quantitative estimate of drug-likeness (QED) is 0.906. The third-order valence-corrected chi connectivity index (χ3v) is 4.01. The van der Waals surface area contributed by atoms with E-state index in [0.29, 0.717) is 0 Å². The van der Waals surface area contributed by atoms with Gasteiger partial charge in [0, 0.05) is 36.0 Å². The molecule has 0 bridgehead atoms. The Morgan fingerprint density at radius 1 is 1.05 bits per heavy atom. The molecule has 2 aromatic carbocycles. The van der Waals surface area contributed by atoms with Gasteiger partial charge in [-0.15, -0.1) is 0 Å². The number of fused-ring (bicyclic) bond motifs is 1. The summed E-state index contributed by atoms with van der Waals surface area (Å²) in [5.74, 6) is 0. The second-order valence-electron chi connectivity index (χ2n) is 5.15. The maximum Gasteiger partial charge on any atom is 0.0407 e. The van der Waals surface area contributed by atoms with Crippen LogP contribution < -0.4 is 10.2 Å². The van der Waals surface area contributed by atoms with Gasteiger partial charge < -0.3 is 10.2 Å². The molecule has 1 N–H and O–H groups in total. The number of halogens is 1. The lowest BCUT2D eigenvalue weighted by Crippen LogP contribution is -2.33. The monoisotopic (exact) mass is 286 g/mol. The van der Waals surface area contributed by atoms with Crippen LogP contribution in [-0.4, -0.2) is 19.6 Å². The summed E-state index contributed by atoms with van der Waals surface area (Å²) in [6.07, 6.45) is 2.45. The SMILES string of the molecule is Clc1ccc(NCCN2CCCc3ccccc32)cc1. The molecule has 0 radical (unpaired) electrons. The van der Waals surface area contributed by atoms with E-state index in [0.717, 1.165) is 30.3 Å². The van der Waals surface area contributed by atoms with Crippen molar-refractivity contribution in [2.45, 2.75) is 12.8 Å². The van der Waals surface area contributed by atoms with Crippen LogP contribution in [0.25, 0.3) is 0 Å². The van der Waals surface area contributed by atoms with E-state index < -0.39 is 0 Å². The fourth-order valence-electron chi connectivity index (χ4n) is 2.75. The summed E-state index contributed by atoms with van der Waals surface area (Å²) in [7, 11) is 0. The second kappa shape index (κ2) is 6.19. The highest BCUT2D eigenvalue weighted by Gasteiger charge is 2.15. The lowest BCUT2D eigenvalue weighted by Gasteiger charge is -2.31. The zero-order valence-electron chi connectivity index (χ0n) is 11.5. The Morgan fingerprint density at radius 2 is 1.85 bits per heavy atom. The van der Waals surface area contributed by atoms with Gasteiger partial charge in [0.15, 0.2) is 0 Å². The Balaban J connectivity index is 1.58. The zero-order chi connectivity index (χ0) is 13.8. The Kier molecular flexibility index (Phi) is 4.12. The first-order valence-electron chi connectivity index (χ1n) is 7.15. The average Bonchev–Trinajstić information content (AvgIpc) is 2.49. The van der Waals surface area contributed by atoms with Crippen LogP contribution in [0.3, 0.4) is 0 Å². The summed E-state index contributed by atoms with van der Waals surface area (Å²) < 4.78 is 0. The van der Waals surface area contributed by atoms with Gasteiger partial charge in [0.2, 0.25) is 0 Å². The minimum absolute atomic E-state index is 0.778. The predicted molar refractivity (Wildman–Crippen MR) is 86.9 cm³/mol. The topological polar surface area (TPSA) is 15.3 Å². The molecule has 1 aliphatic heterocycles. The third-order valence-electron chi connectivity index (χ3n) is 3.76. The molecular formula is C17H19ClN2. The molecule has 2 nitrogen and oxygen atoms in total. The molecule has 1 heterocycles. The standard InChI is InChI=1S/C17H19ClN2/c18-15-7-9-16(10-8-15)19-11-13-20-12-3-5-14-4-1-2-6-17(14)20/h1-2,4,6-10,19H,3,5,11-13H2. The van der Waals surface area contributed by atoms with E-state index in [-0.39, 0.29) is 0 Å². The number of para-hydroxylation sites is 1. The van der Waals surface area contributed by atoms with E-state index in [1.807, 2.05) is 24.3 Å². The summed E-state index contributed by atoms with van der Waals surface area (Å²) in [6, 6.07) is 16.6. The molecule has 1 aliphatic rings. The second-order valence-corrected chi connectivity index (χ2v) is 5.59. The van der Waals surface area contributed by atoms with Crippen molar-refractivity contribution >= 4 is 23.0 Å². The van der Waals surface area contributed by atoms with Gasteiger partial charge in [-0.05, 0) is 48.7 Å². The number of nitrogens with one attached hydrogen (secondary N) is 1. The van der Waals surface area contributed by atoms with Crippen molar-refractivity contribution in [1.29, 1.82) is 0 Å². The van der Waals surface area contributed by atoms with Gasteiger partial charge in [0.1, 0.15) is 0 Å². The lowest BCUT2D eigenvalue weighted by molar-refractivity contribution is 0.698. The van der Waals surface area contributed by atoms with Crippen molar-refractivity contribution in [2.75, 3.05) is 29.9 Å². The van der Waals surface area contributed by atoms with Crippen LogP contribution >= 0.6 is 11.6 Å². The molecule has 0 spiro atoms. The van der Waals surface area contributed by atoms with Crippen LogP contribution in [0.5, 0.6) is 0 Å². The Morgan fingerprint density at radius 3 is 2.70 bits per heavy atom. The minimum atomic E-state index is 0.778. The molecule has 3 heteroatoms. The molecule has 20 heavy (non-hydrogen) atoms. The molecule has 104 valence electrons. The third kappa shape index (κ3) is 3.07. The first-order valence-corrected chi connectivity index (χ1v) is 7.53. The highest BCUT2D eigenvalue weighted by Crippen LogP contribution is 2.26. The number of nitrogens with zero attached hydrogens (tertiary/aromatic N) is 1. The van der Waals surface area contributed by atoms with E-state index in [4.69, 9.17) is 11.6 Å². The summed E-state index contributed by atoms with van der Waals surface area (Å²) in [5.41, 5.74) is 4.00. The number of hydrogen-bond donors (Lipinski definition) is 1. The molecule has 0 unspecified atom stereocenters. The molecular weight excluding hydrogens is 268 g/mol. The Hall–Kier alpha value is -1.67. The maximum atomic E-state index is 5.89. The van der Waals surface area contributed by atoms with Gasteiger partial charge in [-0.1, -0.05) is 29.8 Å². The fraction of sp³-hybridized carbons (Fsp3) is 0.294. The summed E-state index contributed by atoms with van der Waals surface area (Å²) in [5, 5.41) is 4.23. The number of aryl methyl sites for hydroxylation is 1. The van der Waals surface area contributed by atoms with Gasteiger partial charge in [-0.25, -0.2) is 0 Å². The highest BCUT2D eigenvalue weighted by molar-refractivity contribution is 6.30. The largest absolute Gasteiger partial charge is 0.383 e. The van der Waals surface area contributed by atoms with E-state index in [9.17, 15) is 0 Å². The maximum absolute atomic E-state index is 5.89. The average molecular weight is 287 g/mol. The first kappa shape index (κ1) is 13.3. The fourth-order valence-corrected chi connectivity index (χ4v) is 2.87. The van der Waals surface area contributed by atoms with Crippen LogP contribution in [0, 0.1) is 0 Å². The van der Waals surface area contributed by atoms with Crippen molar-refractivity contribution in [2.24, 2.45) is 0 Å². The van der Waals surface area contributed by atoms with Gasteiger partial charge in [-0.3, -0.25) is 0 Å². The molecule has 0 amide bonds. The molecule has 0 atom stereocenters. The van der Waals surface area contributed by atoms with Gasteiger partial charge in [0.05, 0.1) is 0 Å². The van der Waals surface area contributed by atoms with E-state index in [1.54, 1.807) is 0 Å². The Bertz CT molecular complexity index is 565. The molecule has 0 aliphatic carbocycles. The van der Waals surface area contributed by atoms with Crippen LogP contribution in [0.2, 0.25) is 5.02 Å². The smallest absolute Gasteiger partial charge is 0.0407 e. The first-order chi connectivity index (χ1) is 9.83. The van der Waals surface area contributed by atoms with Gasteiger partial charge in [0.25, 0.3) is 0 Å². The van der Waals surface area contributed by atoms with Crippen molar-refractivity contribution < 1.29 is 0 Å². The van der Waals surface area contributed by atoms with Crippen molar-refractivity contribution in [3.05, 3.63) is 59.1 Å². The predicted octanol–water partition coefficient (Wildman–Crippen LogP) is 4.20. The van der Waals surface area contributed by atoms with Crippen LogP contribution in [0.4, 0.5) is 11.4 Å². The van der Waals surface area contributed by atoms with Crippen molar-refractivity contribution in [3.8, 4) is 0 Å². The van der Waals surface area contributed by atoms with Gasteiger partial charge in [-0.2, -0.15) is 0 Å². The van der Waals surface area contributed by atoms with Crippen molar-refractivity contribution in [3.63, 3.8) is 0 Å². The number of anilines is 2. The molecule has 2 aromatic rings. The van der Waals surface area contributed by atoms with Crippen molar-refractivity contribution in [1.82, 2.24) is 0 Å². The highest BCUT2D eigenvalue weighted by atomic mass is 35.5. The van der Waals surface area contributed by atoms with E-state index >= 15 is 0 Å². The Labute approximate surface area is 125 Å². The lowest BCUT2D eigenvalue weighted by atomic mass is 10.0. The summed E-state index contributed by atoms with van der Waals surface area (Å²) in [4.78, 5) is 2.47. The number of rotatable bonds is 4. The molecule has 0 aromatic heterocycles. The van der Waals surface area contributed by atoms with E-state index in [1.165, 1.54) is 24.1 Å². The summed E-state index contributed by atoms with van der Waals surface area (Å²) >= 11 is 5.89. The number of benzene rings is 2. The van der Waals surface area contributed by atoms with E-state index in [2.05, 4.69) is 34.5 Å². The summed E-state index contributed by atoms with van der Waals surface area (Å²) in [6.45, 7) is 3.12.